The Kier molecular flexibility index (Phi) is 5.21. The zero-order chi connectivity index (χ0) is 15.2. The summed E-state index contributed by atoms with van der Waals surface area (Å²) in [6.45, 7) is 8.24. The summed E-state index contributed by atoms with van der Waals surface area (Å²) in [5, 5.41) is 15.2. The van der Waals surface area contributed by atoms with Gasteiger partial charge in [0.05, 0.1) is 12.7 Å². The minimum Gasteiger partial charge on any atom is -0.483 e. The number of ether oxygens (including phenoxy) is 1. The lowest BCUT2D eigenvalue weighted by molar-refractivity contribution is 0.289. The first-order chi connectivity index (χ1) is 10.0. The van der Waals surface area contributed by atoms with Crippen molar-refractivity contribution in [2.75, 3.05) is 6.54 Å². The molecule has 1 N–H and O–H groups in total. The van der Waals surface area contributed by atoms with Crippen molar-refractivity contribution >= 4 is 0 Å². The summed E-state index contributed by atoms with van der Waals surface area (Å²) in [6, 6.07) is 3.87. The van der Waals surface area contributed by atoms with E-state index in [-0.39, 0.29) is 6.61 Å². The van der Waals surface area contributed by atoms with Gasteiger partial charge in [-0.05, 0) is 36.7 Å². The van der Waals surface area contributed by atoms with E-state index in [0.717, 1.165) is 23.7 Å². The minimum atomic E-state index is 0.287. The first-order valence-electron chi connectivity index (χ1n) is 7.07. The first kappa shape index (κ1) is 15.4. The van der Waals surface area contributed by atoms with Crippen LogP contribution in [-0.4, -0.2) is 31.7 Å². The SMILES string of the molecule is Cc1ccc(OCc2nnn(C)n2)c(CNCC(C)C)n1. The molecule has 0 atom stereocenters. The third kappa shape index (κ3) is 4.78. The van der Waals surface area contributed by atoms with E-state index in [0.29, 0.717) is 18.3 Å². The Morgan fingerprint density at radius 1 is 1.33 bits per heavy atom. The van der Waals surface area contributed by atoms with Crippen LogP contribution in [-0.2, 0) is 20.2 Å². The fraction of sp³-hybridized carbons (Fsp3) is 0.571. The number of nitrogens with zero attached hydrogens (tertiary/aromatic N) is 5. The molecule has 2 aromatic rings. The quantitative estimate of drug-likeness (QED) is 0.826. The lowest BCUT2D eigenvalue weighted by Crippen LogP contribution is -2.20. The second-order valence-electron chi connectivity index (χ2n) is 5.41. The second-order valence-corrected chi connectivity index (χ2v) is 5.41. The molecule has 2 rings (SSSR count). The van der Waals surface area contributed by atoms with Crippen molar-refractivity contribution in [3.05, 3.63) is 29.3 Å². The van der Waals surface area contributed by atoms with Gasteiger partial charge in [-0.15, -0.1) is 10.2 Å². The van der Waals surface area contributed by atoms with E-state index in [1.165, 1.54) is 4.80 Å². The molecule has 0 spiro atoms. The summed E-state index contributed by atoms with van der Waals surface area (Å²) in [5.74, 6) is 1.91. The van der Waals surface area contributed by atoms with Gasteiger partial charge in [0.15, 0.2) is 6.61 Å². The van der Waals surface area contributed by atoms with Gasteiger partial charge in [0.2, 0.25) is 5.82 Å². The van der Waals surface area contributed by atoms with Crippen molar-refractivity contribution in [2.24, 2.45) is 13.0 Å². The molecule has 7 heteroatoms. The van der Waals surface area contributed by atoms with Crippen LogP contribution in [0.5, 0.6) is 5.75 Å². The summed E-state index contributed by atoms with van der Waals surface area (Å²) in [4.78, 5) is 5.95. The van der Waals surface area contributed by atoms with E-state index in [1.54, 1.807) is 7.05 Å². The normalized spacial score (nSPS) is 11.1. The third-order valence-electron chi connectivity index (χ3n) is 2.82. The lowest BCUT2D eigenvalue weighted by Gasteiger charge is -2.12. The molecule has 0 radical (unpaired) electrons. The highest BCUT2D eigenvalue weighted by atomic mass is 16.5. The molecule has 21 heavy (non-hydrogen) atoms. The molecule has 0 aliphatic carbocycles. The maximum absolute atomic E-state index is 5.77. The maximum atomic E-state index is 5.77. The van der Waals surface area contributed by atoms with Crippen molar-refractivity contribution in [3.63, 3.8) is 0 Å². The van der Waals surface area contributed by atoms with Crippen LogP contribution in [0.15, 0.2) is 12.1 Å². The minimum absolute atomic E-state index is 0.287. The number of aromatic nitrogens is 5. The fourth-order valence-electron chi connectivity index (χ4n) is 1.86. The molecule has 0 bridgehead atoms. The van der Waals surface area contributed by atoms with E-state index in [2.05, 4.69) is 39.6 Å². The number of nitrogens with one attached hydrogen (secondary N) is 1. The molecule has 0 unspecified atom stereocenters. The molecule has 0 fully saturated rings. The van der Waals surface area contributed by atoms with Crippen LogP contribution in [0.4, 0.5) is 0 Å². The molecular weight excluding hydrogens is 268 g/mol. The topological polar surface area (TPSA) is 77.8 Å². The number of rotatable bonds is 7. The Morgan fingerprint density at radius 3 is 2.81 bits per heavy atom. The van der Waals surface area contributed by atoms with Gasteiger partial charge in [-0.25, -0.2) is 0 Å². The molecule has 7 nitrogen and oxygen atoms in total. The van der Waals surface area contributed by atoms with Gasteiger partial charge in [-0.3, -0.25) is 4.98 Å². The van der Waals surface area contributed by atoms with Gasteiger partial charge in [-0.1, -0.05) is 13.8 Å². The van der Waals surface area contributed by atoms with Gasteiger partial charge in [0.1, 0.15) is 5.75 Å². The molecule has 0 aromatic carbocycles. The van der Waals surface area contributed by atoms with E-state index in [4.69, 9.17) is 4.74 Å². The third-order valence-corrected chi connectivity index (χ3v) is 2.82. The molecule has 114 valence electrons. The van der Waals surface area contributed by atoms with Crippen LogP contribution in [0.25, 0.3) is 0 Å². The number of aryl methyl sites for hydroxylation is 2. The van der Waals surface area contributed by atoms with Crippen LogP contribution >= 0.6 is 0 Å². The van der Waals surface area contributed by atoms with Gasteiger partial charge >= 0.3 is 0 Å². The highest BCUT2D eigenvalue weighted by molar-refractivity contribution is 5.29. The average Bonchev–Trinajstić information content (AvgIpc) is 2.83. The summed E-state index contributed by atoms with van der Waals surface area (Å²) in [7, 11) is 1.73. The summed E-state index contributed by atoms with van der Waals surface area (Å²) in [6.07, 6.45) is 0. The fourth-order valence-corrected chi connectivity index (χ4v) is 1.86. The standard InChI is InChI=1S/C14H22N6O/c1-10(2)7-15-8-12-13(6-5-11(3)16-12)21-9-14-17-19-20(4)18-14/h5-6,10,15H,7-9H2,1-4H3. The summed E-state index contributed by atoms with van der Waals surface area (Å²) in [5.41, 5.74) is 1.88. The highest BCUT2D eigenvalue weighted by Crippen LogP contribution is 2.17. The summed E-state index contributed by atoms with van der Waals surface area (Å²) < 4.78 is 5.77. The van der Waals surface area contributed by atoms with E-state index in [1.807, 2.05) is 19.1 Å². The van der Waals surface area contributed by atoms with E-state index < -0.39 is 0 Å². The van der Waals surface area contributed by atoms with Gasteiger partial charge in [0, 0.05) is 12.2 Å². The molecule has 0 aliphatic rings. The van der Waals surface area contributed by atoms with E-state index >= 15 is 0 Å². The summed E-state index contributed by atoms with van der Waals surface area (Å²) >= 11 is 0. The van der Waals surface area contributed by atoms with Gasteiger partial charge in [-0.2, -0.15) is 4.80 Å². The van der Waals surface area contributed by atoms with Crippen molar-refractivity contribution in [3.8, 4) is 5.75 Å². The van der Waals surface area contributed by atoms with Crippen LogP contribution in [0, 0.1) is 12.8 Å². The average molecular weight is 290 g/mol. The molecule has 0 aliphatic heterocycles. The Bertz CT molecular complexity index is 581. The molecular formula is C14H22N6O. The molecule has 0 amide bonds. The monoisotopic (exact) mass is 290 g/mol. The Hall–Kier alpha value is -2.02. The van der Waals surface area contributed by atoms with Crippen molar-refractivity contribution < 1.29 is 4.74 Å². The van der Waals surface area contributed by atoms with Crippen LogP contribution < -0.4 is 10.1 Å². The first-order valence-corrected chi connectivity index (χ1v) is 7.07. The molecule has 0 saturated heterocycles. The number of hydrogen-bond acceptors (Lipinski definition) is 6. The van der Waals surface area contributed by atoms with Crippen LogP contribution in [0.2, 0.25) is 0 Å². The lowest BCUT2D eigenvalue weighted by atomic mass is 10.2. The van der Waals surface area contributed by atoms with Gasteiger partial charge < -0.3 is 10.1 Å². The Labute approximate surface area is 124 Å². The zero-order valence-corrected chi connectivity index (χ0v) is 13.0. The smallest absolute Gasteiger partial charge is 0.212 e. The molecule has 0 saturated carbocycles. The number of pyridine rings is 1. The molecule has 2 heterocycles. The number of hydrogen-bond donors (Lipinski definition) is 1. The van der Waals surface area contributed by atoms with Crippen molar-refractivity contribution in [2.45, 2.75) is 33.9 Å². The maximum Gasteiger partial charge on any atom is 0.212 e. The Morgan fingerprint density at radius 2 is 2.14 bits per heavy atom. The predicted molar refractivity (Wildman–Crippen MR) is 78.6 cm³/mol. The van der Waals surface area contributed by atoms with Crippen LogP contribution in [0.3, 0.4) is 0 Å². The highest BCUT2D eigenvalue weighted by Gasteiger charge is 2.08. The zero-order valence-electron chi connectivity index (χ0n) is 13.0. The van der Waals surface area contributed by atoms with Crippen LogP contribution in [0.1, 0.15) is 31.1 Å². The van der Waals surface area contributed by atoms with Crippen molar-refractivity contribution in [1.29, 1.82) is 0 Å². The Balaban J connectivity index is 2.00. The second kappa shape index (κ2) is 7.12. The number of tetrazole rings is 1. The predicted octanol–water partition coefficient (Wildman–Crippen LogP) is 1.24. The molecule has 2 aromatic heterocycles. The van der Waals surface area contributed by atoms with Gasteiger partial charge in [0.25, 0.3) is 0 Å². The van der Waals surface area contributed by atoms with E-state index in [9.17, 15) is 0 Å². The largest absolute Gasteiger partial charge is 0.483 e. The van der Waals surface area contributed by atoms with Crippen molar-refractivity contribution in [1.82, 2.24) is 30.5 Å².